The van der Waals surface area contributed by atoms with Crippen LogP contribution < -0.4 is 5.32 Å². The summed E-state index contributed by atoms with van der Waals surface area (Å²) in [7, 11) is -0.631. The van der Waals surface area contributed by atoms with Crippen molar-refractivity contribution in [2.24, 2.45) is 0 Å². The molecule has 2 aromatic rings. The number of ether oxygens (including phenoxy) is 1. The van der Waals surface area contributed by atoms with Crippen LogP contribution in [0.1, 0.15) is 38.8 Å². The molecule has 0 unspecified atom stereocenters. The van der Waals surface area contributed by atoms with E-state index in [4.69, 9.17) is 25.6 Å². The fourth-order valence-electron chi connectivity index (χ4n) is 2.85. The first-order valence-corrected chi connectivity index (χ1v) is 10.2. The molecule has 2 heterocycles. The molecule has 3 rings (SSSR count). The Morgan fingerprint density at radius 2 is 1.83 bits per heavy atom. The summed E-state index contributed by atoms with van der Waals surface area (Å²) in [5.41, 5.74) is 1.38. The normalized spacial score (nSPS) is 17.6. The molecule has 8 heteroatoms. The molecule has 1 amide bonds. The maximum absolute atomic E-state index is 12.2. The number of aromatic nitrogens is 1. The zero-order valence-corrected chi connectivity index (χ0v) is 18.4. The van der Waals surface area contributed by atoms with E-state index in [0.717, 1.165) is 16.6 Å². The van der Waals surface area contributed by atoms with E-state index in [2.05, 4.69) is 10.3 Å². The van der Waals surface area contributed by atoms with Gasteiger partial charge in [-0.25, -0.2) is 4.79 Å². The molecule has 1 fully saturated rings. The maximum Gasteiger partial charge on any atom is 0.492 e. The Kier molecular flexibility index (Phi) is 6.86. The molecule has 0 aliphatic carbocycles. The number of alkyl carbamates (subject to hydrolysis) is 1. The number of hydrogen-bond donors (Lipinski definition) is 1. The van der Waals surface area contributed by atoms with E-state index in [1.807, 2.05) is 64.1 Å². The summed E-state index contributed by atoms with van der Waals surface area (Å²) < 4.78 is 17.6. The largest absolute Gasteiger partial charge is 0.492 e. The number of carbonyl (C=O) groups excluding carboxylic acids is 1. The highest BCUT2D eigenvalue weighted by Gasteiger charge is 2.52. The highest BCUT2D eigenvalue weighted by atomic mass is 35.5. The lowest BCUT2D eigenvalue weighted by atomic mass is 9.77. The van der Waals surface area contributed by atoms with Gasteiger partial charge >= 0.3 is 13.2 Å². The van der Waals surface area contributed by atoms with Gasteiger partial charge in [0, 0.05) is 18.9 Å². The number of hydrogen-bond acceptors (Lipinski definition) is 5. The van der Waals surface area contributed by atoms with Gasteiger partial charge in [-0.3, -0.25) is 4.98 Å². The summed E-state index contributed by atoms with van der Waals surface area (Å²) in [5, 5.41) is 3.27. The number of pyridine rings is 1. The van der Waals surface area contributed by atoms with Crippen molar-refractivity contribution in [3.8, 4) is 0 Å². The van der Waals surface area contributed by atoms with Gasteiger partial charge in [-0.1, -0.05) is 48.0 Å². The standard InChI is InChI=1S/C22H26BClN2O4/c1-21(2)22(3,4)30-23(29-21)18(12-17-10-11-25-14-19(17)24)13-26-20(27)28-15-16-8-6-5-7-9-16/h5-12,14H,13,15H2,1-4H3,(H,26,27). The first-order valence-electron chi connectivity index (χ1n) is 9.78. The van der Waals surface area contributed by atoms with Crippen LogP contribution in [-0.2, 0) is 20.7 Å². The van der Waals surface area contributed by atoms with Gasteiger partial charge in [0.2, 0.25) is 0 Å². The number of nitrogens with one attached hydrogen (secondary N) is 1. The number of amides is 1. The molecular formula is C22H26BClN2O4. The molecule has 30 heavy (non-hydrogen) atoms. The molecule has 1 aliphatic heterocycles. The van der Waals surface area contributed by atoms with E-state index < -0.39 is 24.4 Å². The second-order valence-electron chi connectivity index (χ2n) is 8.12. The molecule has 0 saturated carbocycles. The van der Waals surface area contributed by atoms with Crippen LogP contribution in [0.15, 0.2) is 54.3 Å². The van der Waals surface area contributed by atoms with Crippen LogP contribution in [0, 0.1) is 0 Å². The third-order valence-corrected chi connectivity index (χ3v) is 5.67. The second kappa shape index (κ2) is 9.21. The van der Waals surface area contributed by atoms with E-state index in [0.29, 0.717) is 5.02 Å². The molecule has 0 bridgehead atoms. The number of rotatable bonds is 6. The van der Waals surface area contributed by atoms with Crippen molar-refractivity contribution in [2.75, 3.05) is 6.54 Å². The fraction of sp³-hybridized carbons (Fsp3) is 0.364. The van der Waals surface area contributed by atoms with E-state index in [9.17, 15) is 4.79 Å². The minimum absolute atomic E-state index is 0.184. The van der Waals surface area contributed by atoms with Crippen LogP contribution >= 0.6 is 11.6 Å². The van der Waals surface area contributed by atoms with Crippen molar-refractivity contribution >= 4 is 30.9 Å². The van der Waals surface area contributed by atoms with Crippen molar-refractivity contribution in [1.82, 2.24) is 10.3 Å². The first kappa shape index (κ1) is 22.3. The summed E-state index contributed by atoms with van der Waals surface area (Å²) in [6.07, 6.45) is 4.55. The maximum atomic E-state index is 12.2. The topological polar surface area (TPSA) is 69.7 Å². The monoisotopic (exact) mass is 428 g/mol. The lowest BCUT2D eigenvalue weighted by Gasteiger charge is -2.32. The van der Waals surface area contributed by atoms with Crippen LogP contribution in [0.5, 0.6) is 0 Å². The molecule has 1 saturated heterocycles. The molecule has 1 aromatic carbocycles. The van der Waals surface area contributed by atoms with Crippen molar-refractivity contribution < 1.29 is 18.8 Å². The molecule has 6 nitrogen and oxygen atoms in total. The Morgan fingerprint density at radius 3 is 2.47 bits per heavy atom. The molecule has 0 spiro atoms. The van der Waals surface area contributed by atoms with Gasteiger partial charge in [-0.15, -0.1) is 0 Å². The van der Waals surface area contributed by atoms with E-state index in [1.54, 1.807) is 18.5 Å². The van der Waals surface area contributed by atoms with Gasteiger partial charge in [-0.2, -0.15) is 0 Å². The zero-order valence-electron chi connectivity index (χ0n) is 17.6. The van der Waals surface area contributed by atoms with Crippen LogP contribution in [0.2, 0.25) is 5.02 Å². The van der Waals surface area contributed by atoms with Crippen LogP contribution in [-0.4, -0.2) is 35.9 Å². The summed E-state index contributed by atoms with van der Waals surface area (Å²) in [6.45, 7) is 8.29. The van der Waals surface area contributed by atoms with Gasteiger partial charge < -0.3 is 19.4 Å². The van der Waals surface area contributed by atoms with Crippen molar-refractivity contribution in [1.29, 1.82) is 0 Å². The minimum atomic E-state index is -0.631. The molecule has 1 aromatic heterocycles. The second-order valence-corrected chi connectivity index (χ2v) is 8.53. The smallest absolute Gasteiger partial charge is 0.445 e. The van der Waals surface area contributed by atoms with E-state index in [-0.39, 0.29) is 13.2 Å². The molecule has 1 N–H and O–H groups in total. The predicted molar refractivity (Wildman–Crippen MR) is 118 cm³/mol. The average molecular weight is 429 g/mol. The van der Waals surface area contributed by atoms with E-state index in [1.165, 1.54) is 0 Å². The van der Waals surface area contributed by atoms with Gasteiger partial charge in [-0.05, 0) is 50.4 Å². The molecule has 0 atom stereocenters. The van der Waals surface area contributed by atoms with Gasteiger partial charge in [0.15, 0.2) is 0 Å². The average Bonchev–Trinajstić information content (AvgIpc) is 2.92. The quantitative estimate of drug-likeness (QED) is 0.677. The van der Waals surface area contributed by atoms with Gasteiger partial charge in [0.05, 0.1) is 16.2 Å². The summed E-state index contributed by atoms with van der Waals surface area (Å²) in [4.78, 5) is 16.2. The Hall–Kier alpha value is -2.35. The number of carbonyl (C=O) groups is 1. The Labute approximate surface area is 182 Å². The fourth-order valence-corrected chi connectivity index (χ4v) is 3.02. The van der Waals surface area contributed by atoms with Crippen LogP contribution in [0.4, 0.5) is 4.79 Å². The lowest BCUT2D eigenvalue weighted by molar-refractivity contribution is 0.00578. The van der Waals surface area contributed by atoms with Crippen molar-refractivity contribution in [3.63, 3.8) is 0 Å². The van der Waals surface area contributed by atoms with Crippen LogP contribution in [0.3, 0.4) is 0 Å². The van der Waals surface area contributed by atoms with Crippen molar-refractivity contribution in [2.45, 2.75) is 45.5 Å². The zero-order chi connectivity index (χ0) is 21.8. The number of halogens is 1. The van der Waals surface area contributed by atoms with Crippen LogP contribution in [0.25, 0.3) is 6.08 Å². The summed E-state index contributed by atoms with van der Waals surface area (Å²) >= 11 is 6.27. The van der Waals surface area contributed by atoms with E-state index >= 15 is 0 Å². The predicted octanol–water partition coefficient (Wildman–Crippen LogP) is 4.68. The molecule has 158 valence electrons. The third-order valence-electron chi connectivity index (χ3n) is 5.35. The highest BCUT2D eigenvalue weighted by molar-refractivity contribution is 6.56. The molecule has 0 radical (unpaired) electrons. The highest BCUT2D eigenvalue weighted by Crippen LogP contribution is 2.39. The van der Waals surface area contributed by atoms with Gasteiger partial charge in [0.25, 0.3) is 0 Å². The van der Waals surface area contributed by atoms with Crippen molar-refractivity contribution in [3.05, 3.63) is 70.4 Å². The molecule has 1 aliphatic rings. The number of nitrogens with zero attached hydrogens (tertiary/aromatic N) is 1. The first-order chi connectivity index (χ1) is 14.2. The Balaban J connectivity index is 1.72. The van der Waals surface area contributed by atoms with Gasteiger partial charge in [0.1, 0.15) is 6.61 Å². The lowest BCUT2D eigenvalue weighted by Crippen LogP contribution is -2.41. The Morgan fingerprint density at radius 1 is 1.17 bits per heavy atom. The number of benzene rings is 1. The SMILES string of the molecule is CC1(C)OB(C(=Cc2ccncc2Cl)CNC(=O)OCc2ccccc2)OC1(C)C. The summed E-state index contributed by atoms with van der Waals surface area (Å²) in [5.74, 6) is 0. The third kappa shape index (κ3) is 5.42. The minimum Gasteiger partial charge on any atom is -0.445 e. The molecular weight excluding hydrogens is 403 g/mol. The summed E-state index contributed by atoms with van der Waals surface area (Å²) in [6, 6.07) is 11.3. The Bertz CT molecular complexity index is 902.